The van der Waals surface area contributed by atoms with E-state index in [9.17, 15) is 0 Å². The summed E-state index contributed by atoms with van der Waals surface area (Å²) < 4.78 is 11.5. The number of ether oxygens (including phenoxy) is 2. The molecule has 0 bridgehead atoms. The van der Waals surface area contributed by atoms with Crippen molar-refractivity contribution in [2.75, 3.05) is 6.61 Å². The Kier molecular flexibility index (Phi) is 3.47. The van der Waals surface area contributed by atoms with Crippen LogP contribution in [0.2, 0.25) is 0 Å². The molecule has 0 aromatic heterocycles. The van der Waals surface area contributed by atoms with Crippen LogP contribution in [-0.2, 0) is 9.47 Å². The van der Waals surface area contributed by atoms with E-state index in [0.717, 1.165) is 18.6 Å². The first-order valence-corrected chi connectivity index (χ1v) is 5.89. The molecule has 1 saturated heterocycles. The first-order valence-electron chi connectivity index (χ1n) is 5.89. The van der Waals surface area contributed by atoms with Gasteiger partial charge in [0.2, 0.25) is 0 Å². The number of rotatable bonds is 3. The van der Waals surface area contributed by atoms with Crippen LogP contribution in [0.5, 0.6) is 0 Å². The molecule has 1 aliphatic heterocycles. The average Bonchev–Trinajstić information content (AvgIpc) is 2.62. The molecule has 2 atom stereocenters. The van der Waals surface area contributed by atoms with Crippen molar-refractivity contribution >= 4 is 0 Å². The summed E-state index contributed by atoms with van der Waals surface area (Å²) in [6, 6.07) is 0. The van der Waals surface area contributed by atoms with Gasteiger partial charge in [-0.05, 0) is 51.7 Å². The minimum Gasteiger partial charge on any atom is -0.491 e. The van der Waals surface area contributed by atoms with Gasteiger partial charge >= 0.3 is 0 Å². The Bertz CT molecular complexity index is 278. The Hall–Kier alpha value is -0.760. The van der Waals surface area contributed by atoms with Crippen LogP contribution in [0.1, 0.15) is 39.5 Å². The SMILES string of the molecule is CC1=CC(OCC2CCC(C)O2)=CCC1. The maximum absolute atomic E-state index is 5.75. The third kappa shape index (κ3) is 3.10. The number of hydrogen-bond acceptors (Lipinski definition) is 2. The van der Waals surface area contributed by atoms with Crippen molar-refractivity contribution in [3.8, 4) is 0 Å². The van der Waals surface area contributed by atoms with E-state index in [1.165, 1.54) is 18.4 Å². The van der Waals surface area contributed by atoms with Gasteiger partial charge in [0.25, 0.3) is 0 Å². The van der Waals surface area contributed by atoms with Crippen molar-refractivity contribution in [3.05, 3.63) is 23.5 Å². The summed E-state index contributed by atoms with van der Waals surface area (Å²) in [5, 5.41) is 0. The molecule has 0 radical (unpaired) electrons. The van der Waals surface area contributed by atoms with Crippen LogP contribution in [0.4, 0.5) is 0 Å². The summed E-state index contributed by atoms with van der Waals surface area (Å²) in [7, 11) is 0. The molecule has 15 heavy (non-hydrogen) atoms. The average molecular weight is 208 g/mol. The zero-order valence-electron chi connectivity index (χ0n) is 9.66. The molecule has 1 heterocycles. The molecule has 2 nitrogen and oxygen atoms in total. The first-order chi connectivity index (χ1) is 7.24. The fraction of sp³-hybridized carbons (Fsp3) is 0.692. The molecule has 0 amide bonds. The molecule has 1 fully saturated rings. The van der Waals surface area contributed by atoms with Crippen LogP contribution in [0.3, 0.4) is 0 Å². The lowest BCUT2D eigenvalue weighted by atomic mass is 10.1. The first kappa shape index (κ1) is 10.7. The minimum atomic E-state index is 0.302. The molecule has 0 saturated carbocycles. The lowest BCUT2D eigenvalue weighted by Gasteiger charge is -2.16. The van der Waals surface area contributed by atoms with Crippen LogP contribution in [-0.4, -0.2) is 18.8 Å². The maximum atomic E-state index is 5.75. The third-order valence-electron chi connectivity index (χ3n) is 3.03. The van der Waals surface area contributed by atoms with Crippen molar-refractivity contribution in [2.24, 2.45) is 0 Å². The summed E-state index contributed by atoms with van der Waals surface area (Å²) >= 11 is 0. The van der Waals surface area contributed by atoms with Gasteiger partial charge in [-0.3, -0.25) is 0 Å². The van der Waals surface area contributed by atoms with Crippen molar-refractivity contribution in [3.63, 3.8) is 0 Å². The monoisotopic (exact) mass is 208 g/mol. The fourth-order valence-electron chi connectivity index (χ4n) is 2.11. The molecular weight excluding hydrogens is 188 g/mol. The predicted molar refractivity (Wildman–Crippen MR) is 60.6 cm³/mol. The van der Waals surface area contributed by atoms with Crippen molar-refractivity contribution in [2.45, 2.75) is 51.7 Å². The quantitative estimate of drug-likeness (QED) is 0.709. The van der Waals surface area contributed by atoms with Gasteiger partial charge in [0.15, 0.2) is 0 Å². The van der Waals surface area contributed by atoms with Crippen LogP contribution in [0, 0.1) is 0 Å². The largest absolute Gasteiger partial charge is 0.491 e. The third-order valence-corrected chi connectivity index (χ3v) is 3.03. The van der Waals surface area contributed by atoms with E-state index in [1.807, 2.05) is 0 Å². The zero-order chi connectivity index (χ0) is 10.7. The highest BCUT2D eigenvalue weighted by Gasteiger charge is 2.22. The minimum absolute atomic E-state index is 0.302. The van der Waals surface area contributed by atoms with Gasteiger partial charge in [-0.1, -0.05) is 5.57 Å². The van der Waals surface area contributed by atoms with E-state index in [4.69, 9.17) is 9.47 Å². The second kappa shape index (κ2) is 4.84. The Labute approximate surface area is 92.0 Å². The molecule has 2 rings (SSSR count). The molecule has 2 unspecified atom stereocenters. The van der Waals surface area contributed by atoms with Crippen LogP contribution in [0.25, 0.3) is 0 Å². The Morgan fingerprint density at radius 3 is 3.00 bits per heavy atom. The topological polar surface area (TPSA) is 18.5 Å². The van der Waals surface area contributed by atoms with E-state index in [-0.39, 0.29) is 0 Å². The lowest BCUT2D eigenvalue weighted by Crippen LogP contribution is -2.15. The van der Waals surface area contributed by atoms with Gasteiger partial charge in [0.05, 0.1) is 12.2 Å². The van der Waals surface area contributed by atoms with Crippen LogP contribution >= 0.6 is 0 Å². The van der Waals surface area contributed by atoms with E-state index < -0.39 is 0 Å². The lowest BCUT2D eigenvalue weighted by molar-refractivity contribution is 0.0109. The molecule has 0 aromatic rings. The van der Waals surface area contributed by atoms with E-state index in [0.29, 0.717) is 18.8 Å². The maximum Gasteiger partial charge on any atom is 0.115 e. The molecule has 84 valence electrons. The second-order valence-corrected chi connectivity index (χ2v) is 4.59. The highest BCUT2D eigenvalue weighted by atomic mass is 16.5. The Morgan fingerprint density at radius 2 is 2.33 bits per heavy atom. The van der Waals surface area contributed by atoms with E-state index >= 15 is 0 Å². The Balaban J connectivity index is 1.76. The van der Waals surface area contributed by atoms with Crippen LogP contribution < -0.4 is 0 Å². The Morgan fingerprint density at radius 1 is 1.47 bits per heavy atom. The molecular formula is C13H20O2. The summed E-state index contributed by atoms with van der Waals surface area (Å²) in [5.41, 5.74) is 1.41. The normalized spacial score (nSPS) is 31.1. The number of allylic oxidation sites excluding steroid dienone is 3. The van der Waals surface area contributed by atoms with E-state index in [2.05, 4.69) is 26.0 Å². The van der Waals surface area contributed by atoms with Gasteiger partial charge in [-0.15, -0.1) is 0 Å². The molecule has 0 N–H and O–H groups in total. The molecule has 0 spiro atoms. The highest BCUT2D eigenvalue weighted by molar-refractivity contribution is 5.21. The molecule has 2 aliphatic rings. The van der Waals surface area contributed by atoms with Crippen molar-refractivity contribution < 1.29 is 9.47 Å². The van der Waals surface area contributed by atoms with Crippen molar-refractivity contribution in [1.29, 1.82) is 0 Å². The van der Waals surface area contributed by atoms with Gasteiger partial charge in [-0.25, -0.2) is 0 Å². The summed E-state index contributed by atoms with van der Waals surface area (Å²) in [4.78, 5) is 0. The van der Waals surface area contributed by atoms with Crippen LogP contribution in [0.15, 0.2) is 23.5 Å². The smallest absolute Gasteiger partial charge is 0.115 e. The summed E-state index contributed by atoms with van der Waals surface area (Å²) in [5.74, 6) is 1.03. The summed E-state index contributed by atoms with van der Waals surface area (Å²) in [6.07, 6.45) is 9.61. The van der Waals surface area contributed by atoms with Gasteiger partial charge in [0, 0.05) is 0 Å². The second-order valence-electron chi connectivity index (χ2n) is 4.59. The molecule has 1 aliphatic carbocycles. The van der Waals surface area contributed by atoms with Gasteiger partial charge in [0.1, 0.15) is 12.4 Å². The summed E-state index contributed by atoms with van der Waals surface area (Å²) in [6.45, 7) is 4.99. The van der Waals surface area contributed by atoms with Gasteiger partial charge < -0.3 is 9.47 Å². The molecule has 0 aromatic carbocycles. The van der Waals surface area contributed by atoms with Crippen molar-refractivity contribution in [1.82, 2.24) is 0 Å². The standard InChI is InChI=1S/C13H20O2/c1-10-4-3-5-12(8-10)14-9-13-7-6-11(2)15-13/h5,8,11,13H,3-4,6-7,9H2,1-2H3. The number of hydrogen-bond donors (Lipinski definition) is 0. The predicted octanol–water partition coefficient (Wildman–Crippen LogP) is 3.19. The zero-order valence-corrected chi connectivity index (χ0v) is 9.66. The highest BCUT2D eigenvalue weighted by Crippen LogP contribution is 2.22. The molecule has 2 heteroatoms. The fourth-order valence-corrected chi connectivity index (χ4v) is 2.11. The van der Waals surface area contributed by atoms with Gasteiger partial charge in [-0.2, -0.15) is 0 Å². The van der Waals surface area contributed by atoms with E-state index in [1.54, 1.807) is 0 Å².